The summed E-state index contributed by atoms with van der Waals surface area (Å²) in [6.45, 7) is 2.13. The number of carbonyl (C=O) groups is 1. The molecule has 4 rings (SSSR count). The Hall–Kier alpha value is -2.94. The second kappa shape index (κ2) is 9.37. The molecular formula is C25H30F3N5O. The van der Waals surface area contributed by atoms with E-state index in [9.17, 15) is 18.0 Å². The van der Waals surface area contributed by atoms with Gasteiger partial charge in [-0.3, -0.25) is 14.9 Å². The van der Waals surface area contributed by atoms with E-state index in [0.29, 0.717) is 18.5 Å². The molecule has 0 radical (unpaired) electrons. The zero-order valence-electron chi connectivity index (χ0n) is 19.6. The van der Waals surface area contributed by atoms with Crippen LogP contribution in [-0.2, 0) is 11.2 Å². The largest absolute Gasteiger partial charge is 0.395 e. The Morgan fingerprint density at radius 3 is 2.59 bits per heavy atom. The number of hydrogen-bond donors (Lipinski definition) is 2. The Bertz CT molecular complexity index is 1140. The zero-order chi connectivity index (χ0) is 24.5. The molecule has 2 N–H and O–H groups in total. The van der Waals surface area contributed by atoms with E-state index in [1.54, 1.807) is 25.3 Å². The zero-order valence-corrected chi connectivity index (χ0v) is 19.6. The summed E-state index contributed by atoms with van der Waals surface area (Å²) in [5.74, 6) is -1.32. The molecule has 2 unspecified atom stereocenters. The Balaban J connectivity index is 1.44. The normalized spacial score (nSPS) is 17.0. The second-order valence-corrected chi connectivity index (χ2v) is 9.56. The summed E-state index contributed by atoms with van der Waals surface area (Å²) in [6, 6.07) is 9.39. The maximum absolute atomic E-state index is 13.9. The lowest BCUT2D eigenvalue weighted by Gasteiger charge is -2.30. The summed E-state index contributed by atoms with van der Waals surface area (Å²) in [5.41, 5.74) is 1.40. The predicted octanol–water partition coefficient (Wildman–Crippen LogP) is 4.37. The number of pyridine rings is 1. The van der Waals surface area contributed by atoms with Crippen molar-refractivity contribution in [1.29, 1.82) is 0 Å². The van der Waals surface area contributed by atoms with Crippen LogP contribution in [-0.4, -0.2) is 58.8 Å². The first-order valence-electron chi connectivity index (χ1n) is 11.4. The summed E-state index contributed by atoms with van der Waals surface area (Å²) in [5, 5.41) is 10.9. The highest BCUT2D eigenvalue weighted by atomic mass is 19.4. The van der Waals surface area contributed by atoms with Crippen LogP contribution in [0.5, 0.6) is 0 Å². The number of fused-ring (bicyclic) bond motifs is 1. The minimum atomic E-state index is -4.36. The maximum Gasteiger partial charge on any atom is 0.395 e. The average Bonchev–Trinajstić information content (AvgIpc) is 3.47. The quantitative estimate of drug-likeness (QED) is 0.484. The summed E-state index contributed by atoms with van der Waals surface area (Å²) in [4.78, 5) is 19.1. The molecule has 34 heavy (non-hydrogen) atoms. The number of carbonyl (C=O) groups excluding carboxylic acids is 1. The van der Waals surface area contributed by atoms with Crippen LogP contribution < -0.4 is 5.32 Å². The number of hydrogen-bond acceptors (Lipinski definition) is 4. The van der Waals surface area contributed by atoms with Crippen molar-refractivity contribution in [3.05, 3.63) is 59.5 Å². The summed E-state index contributed by atoms with van der Waals surface area (Å²) >= 11 is 0. The third-order valence-corrected chi connectivity index (χ3v) is 6.99. The topological polar surface area (TPSA) is 73.9 Å². The molecule has 0 saturated heterocycles. The van der Waals surface area contributed by atoms with E-state index >= 15 is 0 Å². The molecule has 1 saturated carbocycles. The van der Waals surface area contributed by atoms with Crippen LogP contribution in [0.25, 0.3) is 10.9 Å². The number of nitrogens with one attached hydrogen (secondary N) is 2. The number of aryl methyl sites for hydroxylation is 1. The first kappa shape index (κ1) is 24.2. The van der Waals surface area contributed by atoms with E-state index in [1.165, 1.54) is 6.20 Å². The van der Waals surface area contributed by atoms with Gasteiger partial charge in [0.25, 0.3) is 0 Å². The van der Waals surface area contributed by atoms with Gasteiger partial charge in [-0.25, -0.2) is 0 Å². The van der Waals surface area contributed by atoms with Gasteiger partial charge in [0.2, 0.25) is 5.91 Å². The molecule has 9 heteroatoms. The van der Waals surface area contributed by atoms with E-state index in [4.69, 9.17) is 0 Å². The van der Waals surface area contributed by atoms with Gasteiger partial charge in [0.1, 0.15) is 0 Å². The summed E-state index contributed by atoms with van der Waals surface area (Å²) < 4.78 is 41.8. The lowest BCUT2D eigenvalue weighted by Crippen LogP contribution is -2.42. The van der Waals surface area contributed by atoms with E-state index in [2.05, 4.69) is 26.6 Å². The predicted molar refractivity (Wildman–Crippen MR) is 124 cm³/mol. The van der Waals surface area contributed by atoms with Gasteiger partial charge in [0.05, 0.1) is 17.1 Å². The molecule has 2 atom stereocenters. The van der Waals surface area contributed by atoms with Gasteiger partial charge in [-0.1, -0.05) is 12.1 Å². The minimum absolute atomic E-state index is 0.00899. The molecule has 1 aliphatic rings. The van der Waals surface area contributed by atoms with Crippen LogP contribution >= 0.6 is 0 Å². The van der Waals surface area contributed by atoms with Crippen LogP contribution in [0.1, 0.15) is 42.0 Å². The Labute approximate surface area is 196 Å². The maximum atomic E-state index is 13.9. The monoisotopic (exact) mass is 473 g/mol. The van der Waals surface area contributed by atoms with E-state index in [0.717, 1.165) is 22.2 Å². The van der Waals surface area contributed by atoms with Crippen molar-refractivity contribution in [3.63, 3.8) is 0 Å². The van der Waals surface area contributed by atoms with Crippen molar-refractivity contribution in [2.24, 2.45) is 5.41 Å². The number of aromatic amines is 1. The average molecular weight is 474 g/mol. The number of H-pyrrole nitrogens is 1. The standard InChI is InChI=1S/C25H30F3N5O/c1-16-4-6-18(13-29-16)21(24(8-9-24)25(26,27)28)12-23(34)30-15-20(33(2)3)11-17-5-7-22-19(10-17)14-31-32-22/h4-7,10,13-14,20-21H,8-9,11-12,15H2,1-3H3,(H,30,34)(H,31,32). The minimum Gasteiger partial charge on any atom is -0.355 e. The molecule has 1 aromatic carbocycles. The van der Waals surface area contributed by atoms with Gasteiger partial charge in [0.15, 0.2) is 0 Å². The summed E-state index contributed by atoms with van der Waals surface area (Å²) in [6.07, 6.45) is -0.565. The molecule has 0 aliphatic heterocycles. The Morgan fingerprint density at radius 1 is 1.21 bits per heavy atom. The van der Waals surface area contributed by atoms with Crippen LogP contribution in [0, 0.1) is 12.3 Å². The third-order valence-electron chi connectivity index (χ3n) is 6.99. The number of nitrogens with zero attached hydrogens (tertiary/aromatic N) is 3. The molecule has 2 aromatic heterocycles. The van der Waals surface area contributed by atoms with Crippen molar-refractivity contribution in [3.8, 4) is 0 Å². The van der Waals surface area contributed by atoms with Crippen molar-refractivity contribution < 1.29 is 18.0 Å². The number of halogens is 3. The number of likely N-dealkylation sites (N-methyl/N-ethyl adjacent to an activating group) is 1. The smallest absolute Gasteiger partial charge is 0.355 e. The van der Waals surface area contributed by atoms with Gasteiger partial charge < -0.3 is 10.2 Å². The third kappa shape index (κ3) is 5.09. The molecule has 1 aliphatic carbocycles. The van der Waals surface area contributed by atoms with Gasteiger partial charge in [-0.2, -0.15) is 18.3 Å². The Kier molecular flexibility index (Phi) is 6.66. The number of amides is 1. The van der Waals surface area contributed by atoms with Crippen molar-refractivity contribution in [2.45, 2.75) is 50.7 Å². The lowest BCUT2D eigenvalue weighted by atomic mass is 9.80. The van der Waals surface area contributed by atoms with Crippen LogP contribution in [0.15, 0.2) is 42.7 Å². The lowest BCUT2D eigenvalue weighted by molar-refractivity contribution is -0.194. The number of benzene rings is 1. The molecule has 6 nitrogen and oxygen atoms in total. The Morgan fingerprint density at radius 2 is 1.97 bits per heavy atom. The van der Waals surface area contributed by atoms with E-state index in [-0.39, 0.29) is 31.2 Å². The van der Waals surface area contributed by atoms with E-state index in [1.807, 2.05) is 31.1 Å². The van der Waals surface area contributed by atoms with Crippen molar-refractivity contribution in [1.82, 2.24) is 25.4 Å². The molecule has 0 spiro atoms. The van der Waals surface area contributed by atoms with Crippen LogP contribution in [0.2, 0.25) is 0 Å². The molecule has 182 valence electrons. The van der Waals surface area contributed by atoms with Gasteiger partial charge in [-0.05, 0) is 69.6 Å². The number of alkyl halides is 3. The highest BCUT2D eigenvalue weighted by molar-refractivity contribution is 5.78. The first-order valence-corrected chi connectivity index (χ1v) is 11.4. The SMILES string of the molecule is Cc1ccc(C(CC(=O)NCC(Cc2ccc3[nH]ncc3c2)N(C)C)C2(C(F)(F)F)CC2)cn1. The van der Waals surface area contributed by atoms with Gasteiger partial charge in [-0.15, -0.1) is 0 Å². The molecule has 0 bridgehead atoms. The molecule has 1 amide bonds. The fourth-order valence-electron chi connectivity index (χ4n) is 4.60. The molecule has 3 aromatic rings. The van der Waals surface area contributed by atoms with Crippen LogP contribution in [0.4, 0.5) is 13.2 Å². The van der Waals surface area contributed by atoms with Crippen molar-refractivity contribution >= 4 is 16.8 Å². The van der Waals surface area contributed by atoms with Crippen LogP contribution in [0.3, 0.4) is 0 Å². The number of aromatic nitrogens is 3. The fraction of sp³-hybridized carbons (Fsp3) is 0.480. The molecular weight excluding hydrogens is 443 g/mol. The van der Waals surface area contributed by atoms with Crippen molar-refractivity contribution in [2.75, 3.05) is 20.6 Å². The number of rotatable bonds is 9. The van der Waals surface area contributed by atoms with Gasteiger partial charge >= 0.3 is 6.18 Å². The first-order chi connectivity index (χ1) is 16.1. The highest BCUT2D eigenvalue weighted by Crippen LogP contribution is 2.66. The summed E-state index contributed by atoms with van der Waals surface area (Å²) in [7, 11) is 3.85. The highest BCUT2D eigenvalue weighted by Gasteiger charge is 2.67. The van der Waals surface area contributed by atoms with E-state index < -0.39 is 17.5 Å². The van der Waals surface area contributed by atoms with Gasteiger partial charge in [0, 0.05) is 42.2 Å². The second-order valence-electron chi connectivity index (χ2n) is 9.56. The fourth-order valence-corrected chi connectivity index (χ4v) is 4.60. The molecule has 1 fully saturated rings. The molecule has 2 heterocycles.